The number of rotatable bonds is 3. The first-order valence-electron chi connectivity index (χ1n) is 5.88. The number of thiophene rings is 1. The largest absolute Gasteiger partial charge is 0.144 e. The molecule has 0 N–H and O–H groups in total. The summed E-state index contributed by atoms with van der Waals surface area (Å²) in [5, 5.41) is 0.256. The minimum Gasteiger partial charge on any atom is -0.144 e. The Hall–Kier alpha value is -0.0100. The maximum atomic E-state index is 6.52. The molecule has 2 heteroatoms. The molecule has 0 radical (unpaired) electrons. The molecular formula is C13H19ClS. The van der Waals surface area contributed by atoms with Gasteiger partial charge in [-0.3, -0.25) is 0 Å². The van der Waals surface area contributed by atoms with Gasteiger partial charge in [0, 0.05) is 9.75 Å². The zero-order chi connectivity index (χ0) is 10.8. The van der Waals surface area contributed by atoms with E-state index in [-0.39, 0.29) is 5.38 Å². The number of alkyl halides is 1. The molecule has 0 aromatic carbocycles. The van der Waals surface area contributed by atoms with E-state index in [2.05, 4.69) is 19.9 Å². The Morgan fingerprint density at radius 3 is 2.60 bits per heavy atom. The van der Waals surface area contributed by atoms with Crippen LogP contribution in [0.4, 0.5) is 0 Å². The van der Waals surface area contributed by atoms with E-state index in [1.807, 2.05) is 11.3 Å². The summed E-state index contributed by atoms with van der Waals surface area (Å²) in [6.07, 6.45) is 6.80. The molecule has 1 aromatic heterocycles. The van der Waals surface area contributed by atoms with Crippen molar-refractivity contribution in [3.05, 3.63) is 21.4 Å². The molecule has 15 heavy (non-hydrogen) atoms. The van der Waals surface area contributed by atoms with Gasteiger partial charge in [0.05, 0.1) is 5.38 Å². The van der Waals surface area contributed by atoms with Crippen LogP contribution in [0.5, 0.6) is 0 Å². The molecule has 1 unspecified atom stereocenters. The van der Waals surface area contributed by atoms with E-state index in [4.69, 9.17) is 11.6 Å². The van der Waals surface area contributed by atoms with Crippen molar-refractivity contribution in [2.24, 2.45) is 5.92 Å². The van der Waals surface area contributed by atoms with Crippen LogP contribution in [-0.2, 0) is 0 Å². The Morgan fingerprint density at radius 2 is 2.07 bits per heavy atom. The first-order valence-corrected chi connectivity index (χ1v) is 7.13. The van der Waals surface area contributed by atoms with Crippen molar-refractivity contribution in [1.82, 2.24) is 0 Å². The van der Waals surface area contributed by atoms with Gasteiger partial charge in [-0.25, -0.2) is 0 Å². The van der Waals surface area contributed by atoms with Gasteiger partial charge in [0.25, 0.3) is 0 Å². The zero-order valence-corrected chi connectivity index (χ0v) is 11.1. The lowest BCUT2D eigenvalue weighted by molar-refractivity contribution is 0.497. The number of hydrogen-bond acceptors (Lipinski definition) is 1. The second-order valence-corrected chi connectivity index (χ2v) is 6.57. The fourth-order valence-corrected chi connectivity index (χ4v) is 4.20. The molecule has 0 bridgehead atoms. The summed E-state index contributed by atoms with van der Waals surface area (Å²) < 4.78 is 0. The molecule has 1 saturated carbocycles. The summed E-state index contributed by atoms with van der Waals surface area (Å²) in [5.74, 6) is 0.884. The summed E-state index contributed by atoms with van der Waals surface area (Å²) in [5.41, 5.74) is 1.38. The van der Waals surface area contributed by atoms with Gasteiger partial charge in [-0.2, -0.15) is 0 Å². The average molecular weight is 243 g/mol. The highest BCUT2D eigenvalue weighted by atomic mass is 35.5. The molecule has 84 valence electrons. The van der Waals surface area contributed by atoms with Crippen LogP contribution in [0.15, 0.2) is 6.07 Å². The fraction of sp³-hybridized carbons (Fsp3) is 0.692. The van der Waals surface area contributed by atoms with Gasteiger partial charge >= 0.3 is 0 Å². The predicted molar refractivity (Wildman–Crippen MR) is 69.0 cm³/mol. The lowest BCUT2D eigenvalue weighted by atomic mass is 10.00. The van der Waals surface area contributed by atoms with Crippen LogP contribution in [0.3, 0.4) is 0 Å². The van der Waals surface area contributed by atoms with Crippen molar-refractivity contribution in [3.8, 4) is 0 Å². The van der Waals surface area contributed by atoms with E-state index < -0.39 is 0 Å². The molecular weight excluding hydrogens is 224 g/mol. The SMILES string of the molecule is Cc1cc(C)c(C(Cl)CC2CCCC2)s1. The Morgan fingerprint density at radius 1 is 1.40 bits per heavy atom. The van der Waals surface area contributed by atoms with Gasteiger partial charge in [-0.15, -0.1) is 22.9 Å². The van der Waals surface area contributed by atoms with E-state index >= 15 is 0 Å². The topological polar surface area (TPSA) is 0 Å². The maximum absolute atomic E-state index is 6.52. The minimum absolute atomic E-state index is 0.256. The van der Waals surface area contributed by atoms with E-state index in [1.54, 1.807) is 0 Å². The van der Waals surface area contributed by atoms with Gasteiger partial charge in [0.2, 0.25) is 0 Å². The van der Waals surface area contributed by atoms with E-state index in [9.17, 15) is 0 Å². The van der Waals surface area contributed by atoms with Crippen molar-refractivity contribution in [1.29, 1.82) is 0 Å². The predicted octanol–water partition coefficient (Wildman–Crippen LogP) is 5.23. The second-order valence-electron chi connectivity index (χ2n) is 4.76. The van der Waals surface area contributed by atoms with Crippen molar-refractivity contribution in [3.63, 3.8) is 0 Å². The summed E-state index contributed by atoms with van der Waals surface area (Å²) in [6, 6.07) is 2.25. The van der Waals surface area contributed by atoms with Crippen LogP contribution in [0.2, 0.25) is 0 Å². The molecule has 1 atom stereocenters. The van der Waals surface area contributed by atoms with Gasteiger partial charge in [0.15, 0.2) is 0 Å². The first-order chi connectivity index (χ1) is 7.16. The third kappa shape index (κ3) is 2.76. The third-order valence-corrected chi connectivity index (χ3v) is 5.17. The van der Waals surface area contributed by atoms with Crippen LogP contribution >= 0.6 is 22.9 Å². The number of halogens is 1. The molecule has 2 rings (SSSR count). The highest BCUT2D eigenvalue weighted by molar-refractivity contribution is 7.12. The Balaban J connectivity index is 2.00. The molecule has 1 fully saturated rings. The van der Waals surface area contributed by atoms with Crippen molar-refractivity contribution >= 4 is 22.9 Å². The first kappa shape index (κ1) is 11.5. The van der Waals surface area contributed by atoms with Crippen LogP contribution in [0.25, 0.3) is 0 Å². The highest BCUT2D eigenvalue weighted by Crippen LogP contribution is 2.39. The lowest BCUT2D eigenvalue weighted by Gasteiger charge is -2.13. The monoisotopic (exact) mass is 242 g/mol. The van der Waals surface area contributed by atoms with Gasteiger partial charge in [-0.05, 0) is 37.8 Å². The van der Waals surface area contributed by atoms with Crippen molar-refractivity contribution < 1.29 is 0 Å². The Labute approximate surface area is 102 Å². The molecule has 0 saturated heterocycles. The highest BCUT2D eigenvalue weighted by Gasteiger charge is 2.21. The average Bonchev–Trinajstić information content (AvgIpc) is 2.75. The van der Waals surface area contributed by atoms with Crippen molar-refractivity contribution in [2.75, 3.05) is 0 Å². The normalized spacial score (nSPS) is 19.7. The maximum Gasteiger partial charge on any atom is 0.0684 e. The second kappa shape index (κ2) is 4.88. The van der Waals surface area contributed by atoms with Crippen molar-refractivity contribution in [2.45, 2.75) is 51.3 Å². The third-order valence-electron chi connectivity index (χ3n) is 3.38. The van der Waals surface area contributed by atoms with E-state index in [1.165, 1.54) is 47.4 Å². The summed E-state index contributed by atoms with van der Waals surface area (Å²) in [6.45, 7) is 4.35. The van der Waals surface area contributed by atoms with Crippen LogP contribution in [0, 0.1) is 19.8 Å². The quantitative estimate of drug-likeness (QED) is 0.637. The lowest BCUT2D eigenvalue weighted by Crippen LogP contribution is -1.99. The Kier molecular flexibility index (Phi) is 3.73. The number of hydrogen-bond donors (Lipinski definition) is 0. The van der Waals surface area contributed by atoms with Gasteiger partial charge in [0.1, 0.15) is 0 Å². The molecule has 0 nitrogen and oxygen atoms in total. The van der Waals surface area contributed by atoms with Crippen LogP contribution in [0.1, 0.15) is 52.8 Å². The fourth-order valence-electron chi connectivity index (χ4n) is 2.62. The molecule has 1 aliphatic carbocycles. The molecule has 0 amide bonds. The van der Waals surface area contributed by atoms with E-state index in [0.29, 0.717) is 0 Å². The van der Waals surface area contributed by atoms with E-state index in [0.717, 1.165) is 5.92 Å². The van der Waals surface area contributed by atoms with Gasteiger partial charge < -0.3 is 0 Å². The smallest absolute Gasteiger partial charge is 0.0684 e. The number of aryl methyl sites for hydroxylation is 2. The molecule has 1 aliphatic rings. The summed E-state index contributed by atoms with van der Waals surface area (Å²) in [4.78, 5) is 2.79. The molecule has 0 aliphatic heterocycles. The Bertz CT molecular complexity index is 323. The summed E-state index contributed by atoms with van der Waals surface area (Å²) >= 11 is 8.39. The molecule has 0 spiro atoms. The summed E-state index contributed by atoms with van der Waals surface area (Å²) in [7, 11) is 0. The van der Waals surface area contributed by atoms with Gasteiger partial charge in [-0.1, -0.05) is 25.7 Å². The van der Waals surface area contributed by atoms with Crippen LogP contribution in [-0.4, -0.2) is 0 Å². The minimum atomic E-state index is 0.256. The molecule has 1 heterocycles. The zero-order valence-electron chi connectivity index (χ0n) is 9.55. The standard InChI is InChI=1S/C13H19ClS/c1-9-7-10(2)15-13(9)12(14)8-11-5-3-4-6-11/h7,11-12H,3-6,8H2,1-2H3. The van der Waals surface area contributed by atoms with Crippen LogP contribution < -0.4 is 0 Å². The molecule has 1 aromatic rings.